The molecule has 2 aromatic carbocycles. The standard InChI is InChI=1S/C31H39N3O3/c1-23(2)16-18-37-30(36)28(21-29(35)20-27-9-6-17-34(22-27)31(32)33)19-26-14-12-25(13-15-26)11-10-24-7-4-3-5-8-24/h3-5,7-8,12-15,23,27-28H,6,9,16-22H2,1-2H3,(H3,32,33)/t27-,28-/m1/s1. The van der Waals surface area contributed by atoms with Gasteiger partial charge in [0, 0.05) is 37.1 Å². The molecular weight excluding hydrogens is 462 g/mol. The van der Waals surface area contributed by atoms with Crippen LogP contribution in [-0.4, -0.2) is 42.3 Å². The van der Waals surface area contributed by atoms with Crippen LogP contribution in [0.1, 0.15) is 62.6 Å². The van der Waals surface area contributed by atoms with Crippen molar-refractivity contribution < 1.29 is 14.3 Å². The molecule has 2 atom stereocenters. The lowest BCUT2D eigenvalue weighted by molar-refractivity contribution is -0.150. The van der Waals surface area contributed by atoms with E-state index in [0.29, 0.717) is 31.9 Å². The second-order valence-corrected chi connectivity index (χ2v) is 10.4. The highest BCUT2D eigenvalue weighted by Crippen LogP contribution is 2.23. The number of esters is 1. The van der Waals surface area contributed by atoms with E-state index in [-0.39, 0.29) is 30.1 Å². The molecule has 1 fully saturated rings. The van der Waals surface area contributed by atoms with Gasteiger partial charge in [0.2, 0.25) is 0 Å². The molecule has 0 amide bonds. The second-order valence-electron chi connectivity index (χ2n) is 10.4. The Kier molecular flexibility index (Phi) is 10.8. The van der Waals surface area contributed by atoms with Gasteiger partial charge in [-0.1, -0.05) is 56.0 Å². The number of rotatable bonds is 10. The number of benzene rings is 2. The van der Waals surface area contributed by atoms with Crippen LogP contribution in [0.2, 0.25) is 0 Å². The predicted octanol–water partition coefficient (Wildman–Crippen LogP) is 4.79. The Morgan fingerprint density at radius 3 is 2.41 bits per heavy atom. The number of carbonyl (C=O) groups excluding carboxylic acids is 2. The second kappa shape index (κ2) is 14.2. The lowest BCUT2D eigenvalue weighted by atomic mass is 9.88. The van der Waals surface area contributed by atoms with Gasteiger partial charge in [-0.05, 0) is 67.3 Å². The molecular formula is C31H39N3O3. The number of nitrogens with one attached hydrogen (secondary N) is 1. The van der Waals surface area contributed by atoms with Gasteiger partial charge in [-0.15, -0.1) is 0 Å². The molecule has 0 aromatic heterocycles. The summed E-state index contributed by atoms with van der Waals surface area (Å²) in [5, 5.41) is 7.68. The molecule has 0 saturated carbocycles. The number of nitrogens with zero attached hydrogens (tertiary/aromatic N) is 1. The number of nitrogens with two attached hydrogens (primary N) is 1. The lowest BCUT2D eigenvalue weighted by Gasteiger charge is -2.32. The van der Waals surface area contributed by atoms with Crippen LogP contribution in [0.15, 0.2) is 54.6 Å². The Labute approximate surface area is 221 Å². The Morgan fingerprint density at radius 1 is 1.08 bits per heavy atom. The largest absolute Gasteiger partial charge is 0.465 e. The fourth-order valence-corrected chi connectivity index (χ4v) is 4.56. The van der Waals surface area contributed by atoms with Crippen LogP contribution in [0, 0.1) is 35.0 Å². The average molecular weight is 502 g/mol. The van der Waals surface area contributed by atoms with Gasteiger partial charge in [0.05, 0.1) is 12.5 Å². The third kappa shape index (κ3) is 9.76. The van der Waals surface area contributed by atoms with Crippen LogP contribution in [0.5, 0.6) is 0 Å². The predicted molar refractivity (Wildman–Crippen MR) is 147 cm³/mol. The minimum atomic E-state index is -0.520. The van der Waals surface area contributed by atoms with Crippen molar-refractivity contribution in [2.24, 2.45) is 23.5 Å². The van der Waals surface area contributed by atoms with Crippen molar-refractivity contribution in [2.45, 2.75) is 52.4 Å². The molecule has 0 unspecified atom stereocenters. The number of hydrogen-bond donors (Lipinski definition) is 2. The van der Waals surface area contributed by atoms with Gasteiger partial charge in [-0.3, -0.25) is 15.0 Å². The van der Waals surface area contributed by atoms with E-state index in [0.717, 1.165) is 42.5 Å². The van der Waals surface area contributed by atoms with Gasteiger partial charge in [0.1, 0.15) is 5.78 Å². The Balaban J connectivity index is 1.63. The first-order valence-corrected chi connectivity index (χ1v) is 13.2. The van der Waals surface area contributed by atoms with Gasteiger partial charge < -0.3 is 15.4 Å². The zero-order valence-electron chi connectivity index (χ0n) is 22.0. The number of ether oxygens (including phenoxy) is 1. The van der Waals surface area contributed by atoms with E-state index >= 15 is 0 Å². The van der Waals surface area contributed by atoms with E-state index in [1.165, 1.54) is 0 Å². The molecule has 1 heterocycles. The zero-order valence-corrected chi connectivity index (χ0v) is 22.0. The van der Waals surface area contributed by atoms with Crippen molar-refractivity contribution in [1.29, 1.82) is 5.41 Å². The normalized spacial score (nSPS) is 16.0. The molecule has 196 valence electrons. The quantitative estimate of drug-likeness (QED) is 0.211. The smallest absolute Gasteiger partial charge is 0.309 e. The summed E-state index contributed by atoms with van der Waals surface area (Å²) >= 11 is 0. The van der Waals surface area contributed by atoms with Gasteiger partial charge in [0.25, 0.3) is 0 Å². The third-order valence-corrected chi connectivity index (χ3v) is 6.68. The van der Waals surface area contributed by atoms with E-state index < -0.39 is 5.92 Å². The minimum absolute atomic E-state index is 0.0562. The zero-order chi connectivity index (χ0) is 26.6. The number of Topliss-reactive ketones (excluding diaryl/α,β-unsaturated/α-hetero) is 1. The van der Waals surface area contributed by atoms with Crippen LogP contribution >= 0.6 is 0 Å². The molecule has 2 aromatic rings. The molecule has 1 aliphatic heterocycles. The summed E-state index contributed by atoms with van der Waals surface area (Å²) in [5.74, 6) is 6.21. The highest BCUT2D eigenvalue weighted by atomic mass is 16.5. The molecule has 0 bridgehead atoms. The number of ketones is 1. The maximum atomic E-state index is 13.0. The Bertz CT molecular complexity index is 1100. The van der Waals surface area contributed by atoms with E-state index in [1.807, 2.05) is 59.5 Å². The summed E-state index contributed by atoms with van der Waals surface area (Å²) in [5.41, 5.74) is 8.48. The van der Waals surface area contributed by atoms with E-state index in [9.17, 15) is 9.59 Å². The van der Waals surface area contributed by atoms with Crippen LogP contribution in [-0.2, 0) is 20.7 Å². The van der Waals surface area contributed by atoms with Gasteiger partial charge in [0.15, 0.2) is 5.96 Å². The average Bonchev–Trinajstić information content (AvgIpc) is 2.88. The van der Waals surface area contributed by atoms with Crippen molar-refractivity contribution in [1.82, 2.24) is 4.90 Å². The lowest BCUT2D eigenvalue weighted by Crippen LogP contribution is -2.43. The molecule has 1 aliphatic rings. The highest BCUT2D eigenvalue weighted by Gasteiger charge is 2.27. The minimum Gasteiger partial charge on any atom is -0.465 e. The maximum Gasteiger partial charge on any atom is 0.309 e. The van der Waals surface area contributed by atoms with E-state index in [2.05, 4.69) is 25.7 Å². The summed E-state index contributed by atoms with van der Waals surface area (Å²) < 4.78 is 5.57. The first kappa shape index (κ1) is 28.0. The van der Waals surface area contributed by atoms with Crippen molar-refractivity contribution in [3.05, 3.63) is 71.3 Å². The molecule has 0 radical (unpaired) electrons. The highest BCUT2D eigenvalue weighted by molar-refractivity contribution is 5.85. The number of likely N-dealkylation sites (tertiary alicyclic amines) is 1. The number of piperidine rings is 1. The number of guanidine groups is 1. The molecule has 3 N–H and O–H groups in total. The Morgan fingerprint density at radius 2 is 1.76 bits per heavy atom. The topological polar surface area (TPSA) is 96.5 Å². The van der Waals surface area contributed by atoms with Crippen molar-refractivity contribution >= 4 is 17.7 Å². The summed E-state index contributed by atoms with van der Waals surface area (Å²) in [6.07, 6.45) is 3.65. The van der Waals surface area contributed by atoms with Crippen LogP contribution < -0.4 is 5.73 Å². The Hall–Kier alpha value is -3.59. The molecule has 6 heteroatoms. The fourth-order valence-electron chi connectivity index (χ4n) is 4.56. The summed E-state index contributed by atoms with van der Waals surface area (Å²) in [7, 11) is 0. The molecule has 6 nitrogen and oxygen atoms in total. The molecule has 0 aliphatic carbocycles. The van der Waals surface area contributed by atoms with Crippen LogP contribution in [0.3, 0.4) is 0 Å². The summed E-state index contributed by atoms with van der Waals surface area (Å²) in [6.45, 7) is 5.93. The molecule has 0 spiro atoms. The van der Waals surface area contributed by atoms with Crippen molar-refractivity contribution in [3.8, 4) is 11.8 Å². The summed E-state index contributed by atoms with van der Waals surface area (Å²) in [4.78, 5) is 27.8. The number of carbonyl (C=O) groups is 2. The first-order chi connectivity index (χ1) is 17.8. The van der Waals surface area contributed by atoms with Crippen LogP contribution in [0.25, 0.3) is 0 Å². The van der Waals surface area contributed by atoms with E-state index in [4.69, 9.17) is 15.9 Å². The molecule has 3 rings (SSSR count). The maximum absolute atomic E-state index is 13.0. The summed E-state index contributed by atoms with van der Waals surface area (Å²) in [6, 6.07) is 17.7. The van der Waals surface area contributed by atoms with Gasteiger partial charge in [-0.25, -0.2) is 0 Å². The van der Waals surface area contributed by atoms with Crippen molar-refractivity contribution in [2.75, 3.05) is 19.7 Å². The van der Waals surface area contributed by atoms with Crippen LogP contribution in [0.4, 0.5) is 0 Å². The van der Waals surface area contributed by atoms with E-state index in [1.54, 1.807) is 0 Å². The number of hydrogen-bond acceptors (Lipinski definition) is 4. The fraction of sp³-hybridized carbons (Fsp3) is 0.452. The van der Waals surface area contributed by atoms with Crippen molar-refractivity contribution in [3.63, 3.8) is 0 Å². The molecule has 37 heavy (non-hydrogen) atoms. The van der Waals surface area contributed by atoms with Gasteiger partial charge in [-0.2, -0.15) is 0 Å². The third-order valence-electron chi connectivity index (χ3n) is 6.68. The molecule has 1 saturated heterocycles. The SMILES string of the molecule is CC(C)CCOC(=O)[C@@H](CC(=O)C[C@H]1CCCN(C(=N)N)C1)Cc1ccc(C#Cc2ccccc2)cc1. The van der Waals surface area contributed by atoms with Gasteiger partial charge >= 0.3 is 5.97 Å². The monoisotopic (exact) mass is 501 g/mol. The first-order valence-electron chi connectivity index (χ1n) is 13.2.